The van der Waals surface area contributed by atoms with Crippen LogP contribution in [0.2, 0.25) is 5.02 Å². The van der Waals surface area contributed by atoms with Gasteiger partial charge in [0.15, 0.2) is 0 Å². The summed E-state index contributed by atoms with van der Waals surface area (Å²) in [4.78, 5) is 10.1. The van der Waals surface area contributed by atoms with E-state index in [0.717, 1.165) is 16.3 Å². The zero-order chi connectivity index (χ0) is 9.68. The molecule has 0 aliphatic heterocycles. The number of carbonyl (C=O) groups is 1. The molecular formula is C10H8BrClO. The summed E-state index contributed by atoms with van der Waals surface area (Å²) in [5, 5.41) is 0.686. The van der Waals surface area contributed by atoms with Crippen LogP contribution in [-0.4, -0.2) is 6.29 Å². The normalized spacial score (nSPS) is 10.6. The van der Waals surface area contributed by atoms with Gasteiger partial charge in [0, 0.05) is 15.9 Å². The van der Waals surface area contributed by atoms with Crippen molar-refractivity contribution in [3.63, 3.8) is 0 Å². The molecule has 0 radical (unpaired) electrons. The van der Waals surface area contributed by atoms with Gasteiger partial charge in [-0.25, -0.2) is 0 Å². The number of hydrogen-bond acceptors (Lipinski definition) is 1. The Labute approximate surface area is 90.5 Å². The molecular weight excluding hydrogens is 251 g/mol. The number of allylic oxidation sites excluding steroid dienone is 1. The third-order valence-corrected chi connectivity index (χ3v) is 2.33. The number of aldehydes is 1. The second-order valence-corrected chi connectivity index (χ2v) is 3.79. The van der Waals surface area contributed by atoms with E-state index in [9.17, 15) is 4.79 Å². The Hall–Kier alpha value is -0.600. The van der Waals surface area contributed by atoms with Crippen LogP contribution >= 0.6 is 27.5 Å². The lowest BCUT2D eigenvalue weighted by molar-refractivity contribution is -0.107. The largest absolute Gasteiger partial charge is 0.303 e. The summed E-state index contributed by atoms with van der Waals surface area (Å²) < 4.78 is 0.975. The van der Waals surface area contributed by atoms with Gasteiger partial charge in [0.05, 0.1) is 0 Å². The molecule has 1 aromatic rings. The quantitative estimate of drug-likeness (QED) is 0.756. The van der Waals surface area contributed by atoms with Gasteiger partial charge in [-0.05, 0) is 23.8 Å². The Morgan fingerprint density at radius 1 is 1.46 bits per heavy atom. The van der Waals surface area contributed by atoms with E-state index in [4.69, 9.17) is 11.6 Å². The van der Waals surface area contributed by atoms with Gasteiger partial charge in [0.25, 0.3) is 0 Å². The van der Waals surface area contributed by atoms with Gasteiger partial charge in [0.2, 0.25) is 0 Å². The standard InChI is InChI=1S/C10H8BrClO/c11-9-4-5-10(12)8(7-9)3-1-2-6-13/h1,3-7H,2H2. The molecule has 1 aromatic carbocycles. The molecule has 0 amide bonds. The molecule has 0 fully saturated rings. The fraction of sp³-hybridized carbons (Fsp3) is 0.100. The van der Waals surface area contributed by atoms with E-state index in [1.165, 1.54) is 0 Å². The van der Waals surface area contributed by atoms with Crippen molar-refractivity contribution in [2.24, 2.45) is 0 Å². The maximum atomic E-state index is 10.1. The second-order valence-electron chi connectivity index (χ2n) is 2.47. The van der Waals surface area contributed by atoms with Crippen molar-refractivity contribution in [1.29, 1.82) is 0 Å². The predicted molar refractivity (Wildman–Crippen MR) is 58.9 cm³/mol. The molecule has 0 spiro atoms. The van der Waals surface area contributed by atoms with Crippen LogP contribution in [0.4, 0.5) is 0 Å². The summed E-state index contributed by atoms with van der Waals surface area (Å²) >= 11 is 9.26. The fourth-order valence-electron chi connectivity index (χ4n) is 0.893. The summed E-state index contributed by atoms with van der Waals surface area (Å²) in [5.74, 6) is 0. The summed E-state index contributed by atoms with van der Waals surface area (Å²) in [7, 11) is 0. The number of hydrogen-bond donors (Lipinski definition) is 0. The van der Waals surface area contributed by atoms with Crippen molar-refractivity contribution in [3.05, 3.63) is 39.3 Å². The van der Waals surface area contributed by atoms with Crippen molar-refractivity contribution in [2.45, 2.75) is 6.42 Å². The van der Waals surface area contributed by atoms with Gasteiger partial charge >= 0.3 is 0 Å². The van der Waals surface area contributed by atoms with Crippen molar-refractivity contribution in [2.75, 3.05) is 0 Å². The Kier molecular flexibility index (Phi) is 4.19. The first-order valence-corrected chi connectivity index (χ1v) is 4.96. The molecule has 3 heteroatoms. The van der Waals surface area contributed by atoms with E-state index in [2.05, 4.69) is 15.9 Å². The van der Waals surface area contributed by atoms with E-state index >= 15 is 0 Å². The Bertz CT molecular complexity index is 334. The minimum atomic E-state index is 0.419. The van der Waals surface area contributed by atoms with Gasteiger partial charge in [-0.15, -0.1) is 0 Å². The Balaban J connectivity index is 2.86. The average Bonchev–Trinajstić information content (AvgIpc) is 2.11. The molecule has 0 saturated carbocycles. The average molecular weight is 260 g/mol. The molecule has 0 unspecified atom stereocenters. The first kappa shape index (κ1) is 10.5. The van der Waals surface area contributed by atoms with Crippen LogP contribution in [0.15, 0.2) is 28.7 Å². The smallest absolute Gasteiger partial charge is 0.123 e. The topological polar surface area (TPSA) is 17.1 Å². The molecule has 0 saturated heterocycles. The van der Waals surface area contributed by atoms with Crippen LogP contribution in [0.25, 0.3) is 6.08 Å². The SMILES string of the molecule is O=CCC=Cc1cc(Br)ccc1Cl. The van der Waals surface area contributed by atoms with E-state index < -0.39 is 0 Å². The van der Waals surface area contributed by atoms with E-state index in [-0.39, 0.29) is 0 Å². The minimum absolute atomic E-state index is 0.419. The molecule has 0 aliphatic carbocycles. The highest BCUT2D eigenvalue weighted by Gasteiger charge is 1.95. The van der Waals surface area contributed by atoms with Crippen LogP contribution in [0, 0.1) is 0 Å². The van der Waals surface area contributed by atoms with Gasteiger partial charge < -0.3 is 4.79 Å². The van der Waals surface area contributed by atoms with Crippen molar-refractivity contribution < 1.29 is 4.79 Å². The molecule has 0 N–H and O–H groups in total. The molecule has 13 heavy (non-hydrogen) atoms. The lowest BCUT2D eigenvalue weighted by atomic mass is 10.2. The first-order valence-electron chi connectivity index (χ1n) is 3.79. The zero-order valence-corrected chi connectivity index (χ0v) is 9.18. The maximum absolute atomic E-state index is 10.1. The Morgan fingerprint density at radius 2 is 2.23 bits per heavy atom. The van der Waals surface area contributed by atoms with Gasteiger partial charge in [-0.2, -0.15) is 0 Å². The van der Waals surface area contributed by atoms with Gasteiger partial charge in [0.1, 0.15) is 6.29 Å². The van der Waals surface area contributed by atoms with Gasteiger partial charge in [-0.1, -0.05) is 39.7 Å². The summed E-state index contributed by atoms with van der Waals surface area (Å²) in [6.45, 7) is 0. The molecule has 0 bridgehead atoms. The first-order chi connectivity index (χ1) is 6.24. The molecule has 0 heterocycles. The monoisotopic (exact) mass is 258 g/mol. The van der Waals surface area contributed by atoms with Crippen LogP contribution in [-0.2, 0) is 4.79 Å². The molecule has 0 aliphatic rings. The summed E-state index contributed by atoms with van der Waals surface area (Å²) in [6.07, 6.45) is 4.88. The molecule has 0 atom stereocenters. The van der Waals surface area contributed by atoms with E-state index in [1.54, 1.807) is 6.08 Å². The highest BCUT2D eigenvalue weighted by Crippen LogP contribution is 2.22. The lowest BCUT2D eigenvalue weighted by Gasteiger charge is -1.97. The second kappa shape index (κ2) is 5.20. The third-order valence-electron chi connectivity index (χ3n) is 1.49. The fourth-order valence-corrected chi connectivity index (χ4v) is 1.45. The van der Waals surface area contributed by atoms with E-state index in [1.807, 2.05) is 24.3 Å². The van der Waals surface area contributed by atoms with Crippen LogP contribution < -0.4 is 0 Å². The van der Waals surface area contributed by atoms with Gasteiger partial charge in [-0.3, -0.25) is 0 Å². The lowest BCUT2D eigenvalue weighted by Crippen LogP contribution is -1.75. The summed E-state index contributed by atoms with van der Waals surface area (Å²) in [6, 6.07) is 5.59. The van der Waals surface area contributed by atoms with Crippen LogP contribution in [0.1, 0.15) is 12.0 Å². The highest BCUT2D eigenvalue weighted by atomic mass is 79.9. The van der Waals surface area contributed by atoms with Crippen molar-refractivity contribution in [1.82, 2.24) is 0 Å². The summed E-state index contributed by atoms with van der Waals surface area (Å²) in [5.41, 5.74) is 0.915. The third kappa shape index (κ3) is 3.33. The predicted octanol–water partition coefficient (Wildman–Crippen LogP) is 3.70. The maximum Gasteiger partial charge on any atom is 0.123 e. The molecule has 0 aromatic heterocycles. The highest BCUT2D eigenvalue weighted by molar-refractivity contribution is 9.10. The molecule has 1 rings (SSSR count). The van der Waals surface area contributed by atoms with Crippen LogP contribution in [0.3, 0.4) is 0 Å². The minimum Gasteiger partial charge on any atom is -0.303 e. The number of rotatable bonds is 3. The molecule has 68 valence electrons. The number of benzene rings is 1. The van der Waals surface area contributed by atoms with E-state index in [0.29, 0.717) is 11.4 Å². The van der Waals surface area contributed by atoms with Crippen LogP contribution in [0.5, 0.6) is 0 Å². The Morgan fingerprint density at radius 3 is 2.92 bits per heavy atom. The van der Waals surface area contributed by atoms with Crippen molar-refractivity contribution >= 4 is 39.9 Å². The molecule has 1 nitrogen and oxygen atoms in total. The number of carbonyl (C=O) groups excluding carboxylic acids is 1. The van der Waals surface area contributed by atoms with Crippen molar-refractivity contribution in [3.8, 4) is 0 Å². The zero-order valence-electron chi connectivity index (χ0n) is 6.84. The number of halogens is 2.